The molecule has 2 aliphatic carbocycles. The van der Waals surface area contributed by atoms with Gasteiger partial charge in [-0.25, -0.2) is 0 Å². The Balaban J connectivity index is 1.54. The first-order valence-corrected chi connectivity index (χ1v) is 12.6. The number of likely N-dealkylation sites (tertiary alicyclic amines) is 1. The number of ether oxygens (including phenoxy) is 2. The minimum Gasteiger partial charge on any atom is -0.504 e. The van der Waals surface area contributed by atoms with Crippen molar-refractivity contribution in [2.45, 2.75) is 94.7 Å². The van der Waals surface area contributed by atoms with Crippen LogP contribution in [0.5, 0.6) is 11.5 Å². The van der Waals surface area contributed by atoms with Gasteiger partial charge in [-0.05, 0) is 77.6 Å². The zero-order valence-electron chi connectivity index (χ0n) is 21.0. The third-order valence-electron chi connectivity index (χ3n) is 8.47. The lowest BCUT2D eigenvalue weighted by Gasteiger charge is -2.59. The SMILES string of the molecule is CN1CC[C@]23c4c5cc(CO)c(O)c4OC2C(NC(CC(N)=O)C(=O)OC(C)(C)C)CC[C@H]3[C@H]1C5. The Morgan fingerprint density at radius 3 is 2.77 bits per heavy atom. The third kappa shape index (κ3) is 3.79. The van der Waals surface area contributed by atoms with Crippen molar-refractivity contribution in [3.63, 3.8) is 0 Å². The number of esters is 1. The van der Waals surface area contributed by atoms with Crippen LogP contribution in [0.1, 0.15) is 63.1 Å². The van der Waals surface area contributed by atoms with E-state index in [4.69, 9.17) is 15.2 Å². The van der Waals surface area contributed by atoms with Crippen LogP contribution in [0.15, 0.2) is 6.07 Å². The molecule has 1 amide bonds. The highest BCUT2D eigenvalue weighted by molar-refractivity contribution is 5.84. The largest absolute Gasteiger partial charge is 0.504 e. The van der Waals surface area contributed by atoms with Crippen LogP contribution in [-0.4, -0.2) is 70.4 Å². The lowest BCUT2D eigenvalue weighted by Crippen LogP contribution is -2.69. The fourth-order valence-electron chi connectivity index (χ4n) is 7.21. The fourth-order valence-corrected chi connectivity index (χ4v) is 7.21. The average Bonchev–Trinajstić information content (AvgIpc) is 3.12. The lowest BCUT2D eigenvalue weighted by molar-refractivity contribution is -0.159. The monoisotopic (exact) mass is 487 g/mol. The first-order chi connectivity index (χ1) is 16.5. The van der Waals surface area contributed by atoms with Gasteiger partial charge in [0, 0.05) is 28.6 Å². The minimum atomic E-state index is -0.885. The van der Waals surface area contributed by atoms with Gasteiger partial charge in [-0.2, -0.15) is 0 Å². The maximum atomic E-state index is 13.0. The quantitative estimate of drug-likeness (QED) is 0.438. The number of nitrogens with one attached hydrogen (secondary N) is 1. The van der Waals surface area contributed by atoms with Crippen molar-refractivity contribution in [3.8, 4) is 11.5 Å². The number of hydrogen-bond acceptors (Lipinski definition) is 8. The fraction of sp³-hybridized carbons (Fsp3) is 0.692. The van der Waals surface area contributed by atoms with Crippen molar-refractivity contribution in [1.82, 2.24) is 10.2 Å². The van der Waals surface area contributed by atoms with Crippen molar-refractivity contribution < 1.29 is 29.3 Å². The first-order valence-electron chi connectivity index (χ1n) is 12.6. The van der Waals surface area contributed by atoms with Crippen LogP contribution in [0, 0.1) is 5.92 Å². The van der Waals surface area contributed by atoms with Crippen molar-refractivity contribution in [2.75, 3.05) is 13.6 Å². The van der Waals surface area contributed by atoms with Crippen LogP contribution < -0.4 is 15.8 Å². The van der Waals surface area contributed by atoms with Gasteiger partial charge in [0.1, 0.15) is 17.7 Å². The van der Waals surface area contributed by atoms with Crippen LogP contribution in [-0.2, 0) is 32.8 Å². The van der Waals surface area contributed by atoms with Gasteiger partial charge in [0.2, 0.25) is 5.91 Å². The highest BCUT2D eigenvalue weighted by atomic mass is 16.6. The summed E-state index contributed by atoms with van der Waals surface area (Å²) in [5.74, 6) is -0.260. The Bertz CT molecular complexity index is 1050. The number of aromatic hydroxyl groups is 1. The lowest BCUT2D eigenvalue weighted by atomic mass is 9.51. The molecule has 1 saturated heterocycles. The van der Waals surface area contributed by atoms with Gasteiger partial charge in [0.15, 0.2) is 11.5 Å². The van der Waals surface area contributed by atoms with Gasteiger partial charge in [0.25, 0.3) is 0 Å². The molecule has 1 spiro atoms. The topological polar surface area (TPSA) is 134 Å². The summed E-state index contributed by atoms with van der Waals surface area (Å²) in [6.07, 6.45) is 2.94. The van der Waals surface area contributed by atoms with E-state index in [0.717, 1.165) is 43.4 Å². The number of rotatable bonds is 6. The Labute approximate surface area is 205 Å². The Hall–Kier alpha value is -2.36. The molecule has 4 aliphatic rings. The molecule has 5 N–H and O–H groups in total. The predicted octanol–water partition coefficient (Wildman–Crippen LogP) is 1.10. The number of carbonyl (C=O) groups is 2. The van der Waals surface area contributed by atoms with Gasteiger partial charge in [-0.1, -0.05) is 0 Å². The minimum absolute atomic E-state index is 0.00531. The summed E-state index contributed by atoms with van der Waals surface area (Å²) in [6.45, 7) is 6.01. The van der Waals surface area contributed by atoms with Crippen LogP contribution in [0.2, 0.25) is 0 Å². The molecule has 2 aliphatic heterocycles. The van der Waals surface area contributed by atoms with Crippen LogP contribution in [0.25, 0.3) is 0 Å². The molecule has 35 heavy (non-hydrogen) atoms. The van der Waals surface area contributed by atoms with E-state index in [-0.39, 0.29) is 36.3 Å². The summed E-state index contributed by atoms with van der Waals surface area (Å²) >= 11 is 0. The highest BCUT2D eigenvalue weighted by Gasteiger charge is 2.65. The van der Waals surface area contributed by atoms with E-state index in [0.29, 0.717) is 23.3 Å². The van der Waals surface area contributed by atoms with Crippen LogP contribution in [0.4, 0.5) is 0 Å². The number of nitrogens with two attached hydrogens (primary N) is 1. The van der Waals surface area contributed by atoms with E-state index < -0.39 is 23.5 Å². The van der Waals surface area contributed by atoms with Crippen molar-refractivity contribution in [3.05, 3.63) is 22.8 Å². The molecule has 1 aromatic rings. The molecule has 6 atom stereocenters. The number of primary amides is 1. The molecular weight excluding hydrogens is 450 g/mol. The Kier molecular flexibility index (Phi) is 5.81. The summed E-state index contributed by atoms with van der Waals surface area (Å²) in [6, 6.07) is 1.15. The summed E-state index contributed by atoms with van der Waals surface area (Å²) in [5.41, 5.74) is 7.16. The molecule has 9 heteroatoms. The summed E-state index contributed by atoms with van der Waals surface area (Å²) < 4.78 is 12.2. The number of hydrogen-bond donors (Lipinski definition) is 4. The maximum Gasteiger partial charge on any atom is 0.324 e. The number of carbonyl (C=O) groups excluding carboxylic acids is 2. The molecule has 1 saturated carbocycles. The number of aliphatic hydroxyl groups excluding tert-OH is 1. The molecule has 2 heterocycles. The molecule has 0 aromatic heterocycles. The molecule has 9 nitrogen and oxygen atoms in total. The van der Waals surface area contributed by atoms with Gasteiger partial charge in [-0.15, -0.1) is 0 Å². The van der Waals surface area contributed by atoms with E-state index in [1.54, 1.807) is 20.8 Å². The molecule has 0 radical (unpaired) electrons. The first kappa shape index (κ1) is 24.3. The zero-order valence-corrected chi connectivity index (χ0v) is 21.0. The Morgan fingerprint density at radius 1 is 1.37 bits per heavy atom. The number of likely N-dealkylation sites (N-methyl/N-ethyl adjacent to an activating group) is 1. The van der Waals surface area contributed by atoms with Crippen molar-refractivity contribution in [2.24, 2.45) is 11.7 Å². The predicted molar refractivity (Wildman–Crippen MR) is 128 cm³/mol. The second-order valence-electron chi connectivity index (χ2n) is 11.7. The number of nitrogens with zero attached hydrogens (tertiary/aromatic N) is 1. The highest BCUT2D eigenvalue weighted by Crippen LogP contribution is 2.64. The normalized spacial score (nSPS) is 31.9. The summed E-state index contributed by atoms with van der Waals surface area (Å²) in [4.78, 5) is 27.3. The van der Waals surface area contributed by atoms with Gasteiger partial charge in [0.05, 0.1) is 13.0 Å². The molecule has 1 aromatic carbocycles. The summed E-state index contributed by atoms with van der Waals surface area (Å²) in [7, 11) is 2.16. The second-order valence-corrected chi connectivity index (χ2v) is 11.7. The molecule has 192 valence electrons. The number of aliphatic hydroxyl groups is 1. The standard InChI is InChI=1S/C26H37N3O6/c1-25(2,3)35-24(33)17(11-19(27)31)28-16-6-5-15-18-10-13-9-14(12-30)21(32)22-20(13)26(15,23(16)34-22)7-8-29(18)4/h9,15-18,23,28,30,32H,5-8,10-12H2,1-4H3,(H2,27,31)/t15-,16?,17?,18+,23?,26-/m0/s1. The molecular formula is C26H37N3O6. The average molecular weight is 488 g/mol. The molecule has 2 fully saturated rings. The van der Waals surface area contributed by atoms with Crippen molar-refractivity contribution >= 4 is 11.9 Å². The van der Waals surface area contributed by atoms with Crippen LogP contribution >= 0.6 is 0 Å². The zero-order chi connectivity index (χ0) is 25.3. The number of benzene rings is 1. The molecule has 5 rings (SSSR count). The van der Waals surface area contributed by atoms with Crippen molar-refractivity contribution in [1.29, 1.82) is 0 Å². The smallest absolute Gasteiger partial charge is 0.324 e. The van der Waals surface area contributed by atoms with Gasteiger partial charge < -0.3 is 30.3 Å². The van der Waals surface area contributed by atoms with E-state index in [2.05, 4.69) is 17.3 Å². The van der Waals surface area contributed by atoms with Gasteiger partial charge >= 0.3 is 5.97 Å². The number of phenols is 1. The molecule has 3 unspecified atom stereocenters. The molecule has 2 bridgehead atoms. The number of amides is 1. The second kappa shape index (κ2) is 8.35. The van der Waals surface area contributed by atoms with E-state index >= 15 is 0 Å². The Morgan fingerprint density at radius 2 is 2.11 bits per heavy atom. The third-order valence-corrected chi connectivity index (χ3v) is 8.47. The van der Waals surface area contributed by atoms with E-state index in [1.165, 1.54) is 0 Å². The van der Waals surface area contributed by atoms with Crippen LogP contribution in [0.3, 0.4) is 0 Å². The maximum absolute atomic E-state index is 13.0. The summed E-state index contributed by atoms with van der Waals surface area (Å²) in [5, 5.41) is 24.3. The van der Waals surface area contributed by atoms with E-state index in [1.807, 2.05) is 6.07 Å². The van der Waals surface area contributed by atoms with E-state index in [9.17, 15) is 19.8 Å². The van der Waals surface area contributed by atoms with Gasteiger partial charge in [-0.3, -0.25) is 14.9 Å². The number of piperidine rings is 1.